The van der Waals surface area contributed by atoms with E-state index in [1.165, 1.54) is 0 Å². The summed E-state index contributed by atoms with van der Waals surface area (Å²) >= 11 is 16.5. The van der Waals surface area contributed by atoms with E-state index in [9.17, 15) is 0 Å². The minimum absolute atomic E-state index is 0.161. The molecule has 2 aromatic rings. The topological polar surface area (TPSA) is 69.6 Å². The second-order valence-electron chi connectivity index (χ2n) is 2.83. The number of halogens is 2. The summed E-state index contributed by atoms with van der Waals surface area (Å²) in [7, 11) is 0. The third-order valence-electron chi connectivity index (χ3n) is 1.82. The molecule has 5 nitrogen and oxygen atoms in total. The molecule has 0 fully saturated rings. The van der Waals surface area contributed by atoms with Gasteiger partial charge < -0.3 is 5.73 Å². The summed E-state index contributed by atoms with van der Waals surface area (Å²) in [6.07, 6.45) is 3.22. The van der Waals surface area contributed by atoms with Gasteiger partial charge in [-0.2, -0.15) is 0 Å². The Labute approximate surface area is 106 Å². The van der Waals surface area contributed by atoms with Crippen LogP contribution in [0.3, 0.4) is 0 Å². The van der Waals surface area contributed by atoms with E-state index in [0.717, 1.165) is 0 Å². The molecule has 0 radical (unpaired) electrons. The molecule has 0 saturated carbocycles. The molecule has 0 aliphatic carbocycles. The molecule has 8 heteroatoms. The van der Waals surface area contributed by atoms with Crippen molar-refractivity contribution < 1.29 is 0 Å². The van der Waals surface area contributed by atoms with Gasteiger partial charge in [0.15, 0.2) is 16.1 Å². The van der Waals surface area contributed by atoms with Gasteiger partial charge in [-0.1, -0.05) is 35.4 Å². The van der Waals surface area contributed by atoms with Crippen LogP contribution in [0.5, 0.6) is 0 Å². The summed E-state index contributed by atoms with van der Waals surface area (Å²) in [5.74, 6) is 0.418. The van der Waals surface area contributed by atoms with E-state index in [4.69, 9.17) is 41.2 Å². The average Bonchev–Trinajstić information content (AvgIpc) is 2.70. The van der Waals surface area contributed by atoms with Crippen molar-refractivity contribution in [1.82, 2.24) is 19.7 Å². The van der Waals surface area contributed by atoms with Crippen LogP contribution < -0.4 is 5.73 Å². The molecule has 2 aromatic heterocycles. The fourth-order valence-electron chi connectivity index (χ4n) is 1.19. The lowest BCUT2D eigenvalue weighted by molar-refractivity contribution is 0.963. The van der Waals surface area contributed by atoms with E-state index >= 15 is 0 Å². The normalized spacial score (nSPS) is 10.4. The zero-order valence-corrected chi connectivity index (χ0v) is 10.1. The molecule has 0 atom stereocenters. The fraction of sp³-hybridized carbons (Fsp3) is 0. The predicted molar refractivity (Wildman–Crippen MR) is 65.1 cm³/mol. The number of imidazole rings is 1. The highest BCUT2D eigenvalue weighted by atomic mass is 35.5. The molecule has 2 heterocycles. The Morgan fingerprint density at radius 2 is 2.12 bits per heavy atom. The van der Waals surface area contributed by atoms with E-state index in [2.05, 4.69) is 15.2 Å². The molecule has 0 spiro atoms. The average molecular weight is 274 g/mol. The maximum absolute atomic E-state index is 5.90. The molecule has 0 aliphatic rings. The summed E-state index contributed by atoms with van der Waals surface area (Å²) in [5, 5.41) is 7.71. The van der Waals surface area contributed by atoms with Crippen molar-refractivity contribution in [3.8, 4) is 5.69 Å². The first-order valence-corrected chi connectivity index (χ1v) is 5.28. The van der Waals surface area contributed by atoms with Gasteiger partial charge in [0.1, 0.15) is 4.99 Å². The highest BCUT2D eigenvalue weighted by Gasteiger charge is 2.12. The number of thiocarbonyl (C=S) groups is 1. The molecular weight excluding hydrogens is 269 g/mol. The van der Waals surface area contributed by atoms with Crippen molar-refractivity contribution >= 4 is 40.4 Å². The van der Waals surface area contributed by atoms with Crippen LogP contribution in [0.4, 0.5) is 0 Å². The first-order valence-electron chi connectivity index (χ1n) is 4.12. The highest BCUT2D eigenvalue weighted by molar-refractivity contribution is 7.80. The molecule has 0 unspecified atom stereocenters. The molecule has 2 rings (SSSR count). The number of nitrogens with zero attached hydrogens (tertiary/aromatic N) is 4. The Morgan fingerprint density at radius 3 is 2.81 bits per heavy atom. The first kappa shape index (κ1) is 11.3. The second kappa shape index (κ2) is 4.32. The number of hydrogen-bond donors (Lipinski definition) is 1. The minimum atomic E-state index is 0.161. The summed E-state index contributed by atoms with van der Waals surface area (Å²) < 4.78 is 1.60. The van der Waals surface area contributed by atoms with Crippen molar-refractivity contribution in [2.24, 2.45) is 5.73 Å². The van der Waals surface area contributed by atoms with Crippen LogP contribution in [-0.4, -0.2) is 24.7 Å². The molecule has 0 amide bonds. The van der Waals surface area contributed by atoms with Gasteiger partial charge in [0.25, 0.3) is 0 Å². The smallest absolute Gasteiger partial charge is 0.175 e. The van der Waals surface area contributed by atoms with Crippen LogP contribution in [0.1, 0.15) is 5.82 Å². The Bertz CT molecular complexity index is 553. The van der Waals surface area contributed by atoms with Gasteiger partial charge in [-0.25, -0.2) is 4.98 Å². The summed E-state index contributed by atoms with van der Waals surface area (Å²) in [4.78, 5) is 4.17. The van der Waals surface area contributed by atoms with E-state index in [0.29, 0.717) is 11.5 Å². The molecule has 16 heavy (non-hydrogen) atoms. The lowest BCUT2D eigenvalue weighted by Gasteiger charge is -2.07. The molecule has 0 saturated heterocycles. The van der Waals surface area contributed by atoms with Crippen LogP contribution in [0, 0.1) is 0 Å². The third-order valence-corrected chi connectivity index (χ3v) is 2.46. The third kappa shape index (κ3) is 1.99. The van der Waals surface area contributed by atoms with Crippen molar-refractivity contribution in [3.63, 3.8) is 0 Å². The minimum Gasteiger partial charge on any atom is -0.387 e. The van der Waals surface area contributed by atoms with E-state index < -0.39 is 0 Å². The highest BCUT2D eigenvalue weighted by Crippen LogP contribution is 2.21. The van der Waals surface area contributed by atoms with Crippen molar-refractivity contribution in [2.75, 3.05) is 0 Å². The quantitative estimate of drug-likeness (QED) is 0.842. The van der Waals surface area contributed by atoms with Crippen LogP contribution in [0.25, 0.3) is 5.69 Å². The summed E-state index contributed by atoms with van der Waals surface area (Å²) in [5.41, 5.74) is 6.05. The first-order chi connectivity index (χ1) is 7.59. The molecule has 0 aliphatic heterocycles. The van der Waals surface area contributed by atoms with Crippen LogP contribution in [-0.2, 0) is 0 Å². The van der Waals surface area contributed by atoms with Crippen molar-refractivity contribution in [2.45, 2.75) is 0 Å². The molecular formula is C8H5Cl2N5S. The van der Waals surface area contributed by atoms with E-state index in [1.54, 1.807) is 23.0 Å². The van der Waals surface area contributed by atoms with Crippen LogP contribution >= 0.6 is 35.4 Å². The Hall–Kier alpha value is -1.24. The second-order valence-corrected chi connectivity index (χ2v) is 4.01. The van der Waals surface area contributed by atoms with Crippen LogP contribution in [0.2, 0.25) is 10.3 Å². The fourth-order valence-corrected chi connectivity index (χ4v) is 1.67. The zero-order chi connectivity index (χ0) is 11.7. The van der Waals surface area contributed by atoms with Gasteiger partial charge in [0.05, 0.1) is 5.69 Å². The van der Waals surface area contributed by atoms with Gasteiger partial charge in [-0.3, -0.25) is 4.57 Å². The predicted octanol–water partition coefficient (Wildman–Crippen LogP) is 1.60. The van der Waals surface area contributed by atoms with Crippen molar-refractivity contribution in [1.29, 1.82) is 0 Å². The number of rotatable bonds is 2. The maximum Gasteiger partial charge on any atom is 0.175 e. The van der Waals surface area contributed by atoms with Gasteiger partial charge in [-0.05, 0) is 0 Å². The largest absolute Gasteiger partial charge is 0.387 e. The molecule has 0 aromatic carbocycles. The lowest BCUT2D eigenvalue weighted by atomic mass is 10.4. The van der Waals surface area contributed by atoms with Gasteiger partial charge >= 0.3 is 0 Å². The van der Waals surface area contributed by atoms with Crippen molar-refractivity contribution in [3.05, 3.63) is 34.6 Å². The summed E-state index contributed by atoms with van der Waals surface area (Å²) in [6.45, 7) is 0. The molecule has 0 bridgehead atoms. The Balaban J connectivity index is 2.62. The van der Waals surface area contributed by atoms with Crippen LogP contribution in [0.15, 0.2) is 18.5 Å². The zero-order valence-electron chi connectivity index (χ0n) is 7.76. The van der Waals surface area contributed by atoms with Gasteiger partial charge in [0, 0.05) is 18.5 Å². The maximum atomic E-state index is 5.90. The number of nitrogens with two attached hydrogens (primary N) is 1. The lowest BCUT2D eigenvalue weighted by Crippen LogP contribution is -2.16. The Kier molecular flexibility index (Phi) is 3.04. The molecule has 2 N–H and O–H groups in total. The number of hydrogen-bond acceptors (Lipinski definition) is 4. The summed E-state index contributed by atoms with van der Waals surface area (Å²) in [6, 6.07) is 1.56. The van der Waals surface area contributed by atoms with E-state index in [-0.39, 0.29) is 15.3 Å². The van der Waals surface area contributed by atoms with Gasteiger partial charge in [-0.15, -0.1) is 10.2 Å². The SMILES string of the molecule is NC(=S)c1nccn1-c1cc(Cl)nnc1Cl. The number of aromatic nitrogens is 4. The monoisotopic (exact) mass is 273 g/mol. The van der Waals surface area contributed by atoms with Gasteiger partial charge in [0.2, 0.25) is 0 Å². The standard InChI is InChI=1S/C8H5Cl2N5S/c9-5-3-4(6(10)14-13-5)15-2-1-12-8(15)7(11)16/h1-3H,(H2,11,16). The van der Waals surface area contributed by atoms with E-state index in [1.807, 2.05) is 0 Å². The molecule has 82 valence electrons. The Morgan fingerprint density at radius 1 is 1.38 bits per heavy atom.